The average Bonchev–Trinajstić information content (AvgIpc) is 3.33. The lowest BCUT2D eigenvalue weighted by atomic mass is 9.96. The zero-order chi connectivity index (χ0) is 24.0. The van der Waals surface area contributed by atoms with Gasteiger partial charge in [-0.25, -0.2) is 0 Å². The molecule has 4 aromatic rings. The predicted molar refractivity (Wildman–Crippen MR) is 140 cm³/mol. The molecule has 35 heavy (non-hydrogen) atoms. The van der Waals surface area contributed by atoms with Crippen LogP contribution < -0.4 is 11.1 Å². The fraction of sp³-hybridized carbons (Fsp3) is 0.207. The molecule has 6 rings (SSSR count). The van der Waals surface area contributed by atoms with Gasteiger partial charge < -0.3 is 20.8 Å². The lowest BCUT2D eigenvalue weighted by Gasteiger charge is -2.26. The quantitative estimate of drug-likeness (QED) is 0.407. The van der Waals surface area contributed by atoms with E-state index in [0.717, 1.165) is 44.1 Å². The largest absolute Gasteiger partial charge is 0.379 e. The Bertz CT molecular complexity index is 1330. The second-order valence-electron chi connectivity index (χ2n) is 8.74. The van der Waals surface area contributed by atoms with Crippen molar-refractivity contribution in [2.45, 2.75) is 13.1 Å². The van der Waals surface area contributed by atoms with Crippen LogP contribution in [0.2, 0.25) is 0 Å². The molecular weight excluding hydrogens is 436 g/mol. The fourth-order valence-electron chi connectivity index (χ4n) is 4.47. The number of amides is 1. The number of morpholine rings is 1. The highest BCUT2D eigenvalue weighted by Crippen LogP contribution is 2.34. The van der Waals surface area contributed by atoms with Crippen LogP contribution in [0.15, 0.2) is 85.1 Å². The van der Waals surface area contributed by atoms with Crippen molar-refractivity contribution in [3.63, 3.8) is 0 Å². The Morgan fingerprint density at radius 2 is 1.63 bits per heavy atom. The Morgan fingerprint density at radius 1 is 0.914 bits per heavy atom. The molecule has 1 aromatic heterocycles. The van der Waals surface area contributed by atoms with Crippen LogP contribution in [0.5, 0.6) is 0 Å². The first-order chi connectivity index (χ1) is 17.2. The minimum absolute atomic E-state index is 0.00463. The summed E-state index contributed by atoms with van der Waals surface area (Å²) in [5.41, 5.74) is 14.4. The van der Waals surface area contributed by atoms with Gasteiger partial charge in [0.25, 0.3) is 0 Å². The summed E-state index contributed by atoms with van der Waals surface area (Å²) in [4.78, 5) is 15.8. The number of rotatable bonds is 5. The predicted octanol–water partition coefficient (Wildman–Crippen LogP) is 4.42. The van der Waals surface area contributed by atoms with E-state index < -0.39 is 0 Å². The molecule has 2 aliphatic rings. The molecule has 0 aliphatic carbocycles. The third-order valence-electron chi connectivity index (χ3n) is 6.43. The molecule has 1 amide bonds. The first-order valence-corrected chi connectivity index (χ1v) is 12.0. The molecule has 0 saturated carbocycles. The summed E-state index contributed by atoms with van der Waals surface area (Å²) in [6.45, 7) is 5.21. The van der Waals surface area contributed by atoms with Crippen molar-refractivity contribution in [3.8, 4) is 22.4 Å². The molecule has 4 N–H and O–H groups in total. The number of carbonyl (C=O) groups excluding carboxylic acids is 1. The van der Waals surface area contributed by atoms with E-state index in [4.69, 9.17) is 10.5 Å². The number of nitrogens with zero attached hydrogens (tertiary/aromatic N) is 1. The van der Waals surface area contributed by atoms with Crippen molar-refractivity contribution in [1.29, 1.82) is 0 Å². The molecule has 3 heterocycles. The van der Waals surface area contributed by atoms with E-state index in [9.17, 15) is 4.79 Å². The van der Waals surface area contributed by atoms with Crippen LogP contribution in [-0.2, 0) is 22.6 Å². The SMILES string of the molecule is NCc1ccccc1-c1cccc2[nH]c(-c3ccc(CN4CCOCC4)cc3)cc12.O=C1C=CN1. The number of ether oxygens (including phenoxy) is 1. The zero-order valence-electron chi connectivity index (χ0n) is 19.7. The molecule has 6 heteroatoms. The second-order valence-corrected chi connectivity index (χ2v) is 8.74. The van der Waals surface area contributed by atoms with Crippen molar-refractivity contribution >= 4 is 16.8 Å². The van der Waals surface area contributed by atoms with Gasteiger partial charge >= 0.3 is 0 Å². The molecule has 3 aromatic carbocycles. The van der Waals surface area contributed by atoms with E-state index in [-0.39, 0.29) is 5.91 Å². The van der Waals surface area contributed by atoms with Crippen LogP contribution in [0.25, 0.3) is 33.3 Å². The number of hydrogen-bond donors (Lipinski definition) is 3. The van der Waals surface area contributed by atoms with Crippen LogP contribution in [0.1, 0.15) is 11.1 Å². The number of nitrogens with two attached hydrogens (primary N) is 1. The molecule has 1 saturated heterocycles. The van der Waals surface area contributed by atoms with Gasteiger partial charge in [0.15, 0.2) is 0 Å². The molecule has 0 spiro atoms. The zero-order valence-corrected chi connectivity index (χ0v) is 19.7. The van der Waals surface area contributed by atoms with E-state index >= 15 is 0 Å². The Labute approximate surface area is 205 Å². The van der Waals surface area contributed by atoms with E-state index in [2.05, 4.69) is 81.9 Å². The Balaban J connectivity index is 0.000000453. The van der Waals surface area contributed by atoms with Crippen LogP contribution in [0.4, 0.5) is 0 Å². The smallest absolute Gasteiger partial charge is 0.249 e. The van der Waals surface area contributed by atoms with Gasteiger partial charge in [-0.05, 0) is 39.9 Å². The Hall–Kier alpha value is -3.71. The first kappa shape index (κ1) is 23.1. The van der Waals surface area contributed by atoms with E-state index in [1.54, 1.807) is 6.20 Å². The average molecular weight is 467 g/mol. The number of hydrogen-bond acceptors (Lipinski definition) is 4. The molecule has 6 nitrogen and oxygen atoms in total. The van der Waals surface area contributed by atoms with Crippen LogP contribution in [0, 0.1) is 0 Å². The van der Waals surface area contributed by atoms with Gasteiger partial charge in [-0.2, -0.15) is 0 Å². The van der Waals surface area contributed by atoms with Crippen molar-refractivity contribution < 1.29 is 9.53 Å². The highest BCUT2D eigenvalue weighted by Gasteiger charge is 2.13. The number of fused-ring (bicyclic) bond motifs is 1. The van der Waals surface area contributed by atoms with Crippen LogP contribution in [-0.4, -0.2) is 42.1 Å². The molecule has 0 bridgehead atoms. The Kier molecular flexibility index (Phi) is 7.04. The third-order valence-corrected chi connectivity index (χ3v) is 6.43. The van der Waals surface area contributed by atoms with Crippen molar-refractivity contribution in [3.05, 3.63) is 96.2 Å². The second kappa shape index (κ2) is 10.7. The van der Waals surface area contributed by atoms with Gasteiger partial charge in [0.1, 0.15) is 0 Å². The monoisotopic (exact) mass is 466 g/mol. The summed E-state index contributed by atoms with van der Waals surface area (Å²) in [5, 5.41) is 3.62. The highest BCUT2D eigenvalue weighted by atomic mass is 16.5. The molecule has 1 fully saturated rings. The first-order valence-electron chi connectivity index (χ1n) is 12.0. The number of carbonyl (C=O) groups is 1. The van der Waals surface area contributed by atoms with Gasteiger partial charge in [0.2, 0.25) is 5.91 Å². The maximum absolute atomic E-state index is 9.70. The van der Waals surface area contributed by atoms with Crippen molar-refractivity contribution in [1.82, 2.24) is 15.2 Å². The van der Waals surface area contributed by atoms with Crippen molar-refractivity contribution in [2.24, 2.45) is 5.73 Å². The summed E-state index contributed by atoms with van der Waals surface area (Å²) in [6.07, 6.45) is 3.07. The summed E-state index contributed by atoms with van der Waals surface area (Å²) in [5.74, 6) is 0.00463. The lowest BCUT2D eigenvalue weighted by Crippen LogP contribution is -2.35. The van der Waals surface area contributed by atoms with Gasteiger partial charge in [-0.1, -0.05) is 60.7 Å². The fourth-order valence-corrected chi connectivity index (χ4v) is 4.47. The number of H-pyrrole nitrogens is 1. The maximum atomic E-state index is 9.70. The molecule has 178 valence electrons. The molecule has 2 aliphatic heterocycles. The number of nitrogens with one attached hydrogen (secondary N) is 2. The molecular formula is C29H30N4O2. The number of aromatic nitrogens is 1. The molecule has 0 atom stereocenters. The summed E-state index contributed by atoms with van der Waals surface area (Å²) in [7, 11) is 0. The van der Waals surface area contributed by atoms with Crippen LogP contribution >= 0.6 is 0 Å². The van der Waals surface area contributed by atoms with E-state index in [0.29, 0.717) is 6.54 Å². The van der Waals surface area contributed by atoms with Gasteiger partial charge in [-0.15, -0.1) is 0 Å². The minimum Gasteiger partial charge on any atom is -0.379 e. The maximum Gasteiger partial charge on any atom is 0.249 e. The minimum atomic E-state index is 0.00463. The van der Waals surface area contributed by atoms with Crippen molar-refractivity contribution in [2.75, 3.05) is 26.3 Å². The van der Waals surface area contributed by atoms with Crippen LogP contribution in [0.3, 0.4) is 0 Å². The number of aromatic amines is 1. The highest BCUT2D eigenvalue weighted by molar-refractivity contribution is 5.98. The van der Waals surface area contributed by atoms with Gasteiger partial charge in [-0.3, -0.25) is 9.69 Å². The van der Waals surface area contributed by atoms with E-state index in [1.165, 1.54) is 39.3 Å². The van der Waals surface area contributed by atoms with E-state index in [1.807, 2.05) is 6.07 Å². The standard InChI is InChI=1S/C26H27N3O.C3H3NO/c27-17-21-4-1-2-5-22(21)23-6-3-7-25-24(23)16-26(28-25)20-10-8-19(9-11-20)18-29-12-14-30-15-13-29;5-3-1-2-4-3/h1-11,16,28H,12-15,17-18,27H2;1-2H,(H,4,5). The normalized spacial score (nSPS) is 15.3. The summed E-state index contributed by atoms with van der Waals surface area (Å²) >= 11 is 0. The molecule has 0 unspecified atom stereocenters. The number of benzene rings is 3. The van der Waals surface area contributed by atoms with Gasteiger partial charge in [0.05, 0.1) is 13.2 Å². The Morgan fingerprint density at radius 3 is 2.31 bits per heavy atom. The summed E-state index contributed by atoms with van der Waals surface area (Å²) < 4.78 is 5.45. The lowest BCUT2D eigenvalue weighted by molar-refractivity contribution is -0.117. The van der Waals surface area contributed by atoms with Gasteiger partial charge in [0, 0.05) is 55.1 Å². The summed E-state index contributed by atoms with van der Waals surface area (Å²) in [6, 6.07) is 26.0. The third kappa shape index (κ3) is 5.35. The topological polar surface area (TPSA) is 83.4 Å². The molecule has 0 radical (unpaired) electrons.